The van der Waals surface area contributed by atoms with Crippen molar-refractivity contribution in [1.82, 2.24) is 25.5 Å². The van der Waals surface area contributed by atoms with Crippen LogP contribution in [0.1, 0.15) is 12.0 Å². The number of hydrogen-bond acceptors (Lipinski definition) is 5. The number of thioether (sulfide) groups is 1. The van der Waals surface area contributed by atoms with Gasteiger partial charge in [0.25, 0.3) is 0 Å². The number of para-hydroxylation sites is 1. The van der Waals surface area contributed by atoms with E-state index in [-0.39, 0.29) is 0 Å². The second-order valence-corrected chi connectivity index (χ2v) is 6.49. The predicted molar refractivity (Wildman–Crippen MR) is 103 cm³/mol. The van der Waals surface area contributed by atoms with Gasteiger partial charge >= 0.3 is 0 Å². The Morgan fingerprint density at radius 1 is 1.00 bits per heavy atom. The molecule has 0 aliphatic carbocycles. The van der Waals surface area contributed by atoms with Gasteiger partial charge in [-0.05, 0) is 41.1 Å². The van der Waals surface area contributed by atoms with Crippen LogP contribution < -0.4 is 5.32 Å². The molecule has 0 spiro atoms. The van der Waals surface area contributed by atoms with Crippen LogP contribution >= 0.6 is 11.8 Å². The average molecular weight is 351 g/mol. The smallest absolute Gasteiger partial charge is 0.214 e. The van der Waals surface area contributed by atoms with E-state index in [9.17, 15) is 0 Å². The molecule has 25 heavy (non-hydrogen) atoms. The van der Waals surface area contributed by atoms with Gasteiger partial charge in [0.15, 0.2) is 0 Å². The van der Waals surface area contributed by atoms with Crippen molar-refractivity contribution < 1.29 is 0 Å². The molecule has 128 valence electrons. The van der Waals surface area contributed by atoms with E-state index in [1.807, 2.05) is 48.5 Å². The first kappa shape index (κ1) is 17.4. The average Bonchev–Trinajstić information content (AvgIpc) is 3.14. The van der Waals surface area contributed by atoms with Gasteiger partial charge in [0, 0.05) is 12.3 Å². The summed E-state index contributed by atoms with van der Waals surface area (Å²) in [5, 5.41) is 16.2. The number of hydrogen-bond donors (Lipinski definition) is 1. The maximum absolute atomic E-state index is 4.11. The molecule has 0 radical (unpaired) electrons. The fourth-order valence-corrected chi connectivity index (χ4v) is 3.14. The summed E-state index contributed by atoms with van der Waals surface area (Å²) in [6, 6.07) is 20.3. The second kappa shape index (κ2) is 9.76. The van der Waals surface area contributed by atoms with Gasteiger partial charge in [-0.15, -0.1) is 5.10 Å². The molecule has 0 saturated heterocycles. The van der Waals surface area contributed by atoms with Crippen LogP contribution in [0.25, 0.3) is 11.8 Å². The third kappa shape index (κ3) is 5.55. The Balaban J connectivity index is 1.34. The summed E-state index contributed by atoms with van der Waals surface area (Å²) >= 11 is 1.68. The summed E-state index contributed by atoms with van der Waals surface area (Å²) in [6.07, 6.45) is 5.35. The highest BCUT2D eigenvalue weighted by atomic mass is 32.2. The topological polar surface area (TPSA) is 55.6 Å². The molecule has 0 unspecified atom stereocenters. The summed E-state index contributed by atoms with van der Waals surface area (Å²) in [6.45, 7) is 1.85. The number of nitrogens with one attached hydrogen (secondary N) is 1. The lowest BCUT2D eigenvalue weighted by Gasteiger charge is -2.04. The van der Waals surface area contributed by atoms with Crippen molar-refractivity contribution in [2.24, 2.45) is 0 Å². The zero-order chi connectivity index (χ0) is 17.2. The van der Waals surface area contributed by atoms with Crippen molar-refractivity contribution in [1.29, 1.82) is 0 Å². The van der Waals surface area contributed by atoms with E-state index in [1.54, 1.807) is 16.4 Å². The fourth-order valence-electron chi connectivity index (χ4n) is 2.31. The summed E-state index contributed by atoms with van der Waals surface area (Å²) in [5.74, 6) is 0.975. The van der Waals surface area contributed by atoms with Gasteiger partial charge in [-0.1, -0.05) is 72.4 Å². The minimum atomic E-state index is 0.829. The molecular formula is C19H21N5S. The molecule has 0 aliphatic rings. The van der Waals surface area contributed by atoms with Crippen molar-refractivity contribution in [2.45, 2.75) is 11.6 Å². The van der Waals surface area contributed by atoms with Crippen molar-refractivity contribution in [3.63, 3.8) is 0 Å². The van der Waals surface area contributed by atoms with Gasteiger partial charge < -0.3 is 5.32 Å². The predicted octanol–water partition coefficient (Wildman–Crippen LogP) is 3.45. The van der Waals surface area contributed by atoms with Crippen LogP contribution in [0.2, 0.25) is 0 Å². The molecule has 0 saturated carbocycles. The molecule has 1 heterocycles. The van der Waals surface area contributed by atoms with Gasteiger partial charge in [0.05, 0.1) is 5.69 Å². The van der Waals surface area contributed by atoms with Crippen molar-refractivity contribution in [2.75, 3.05) is 18.8 Å². The Labute approximate surface area is 152 Å². The van der Waals surface area contributed by atoms with Gasteiger partial charge in [0.1, 0.15) is 0 Å². The minimum absolute atomic E-state index is 0.829. The van der Waals surface area contributed by atoms with Crippen LogP contribution in [0.3, 0.4) is 0 Å². The van der Waals surface area contributed by atoms with Crippen LogP contribution in [0, 0.1) is 0 Å². The first-order valence-electron chi connectivity index (χ1n) is 8.32. The molecule has 0 atom stereocenters. The Morgan fingerprint density at radius 3 is 2.56 bits per heavy atom. The molecule has 5 nitrogen and oxygen atoms in total. The standard InChI is InChI=1S/C19H21N5S/c1-3-9-17(10-4-1)11-7-14-20-15-8-16-25-19-21-22-23-24(19)18-12-5-2-6-13-18/h1-7,9-13,20H,8,14-16H2/b11-7-. The lowest BCUT2D eigenvalue weighted by Crippen LogP contribution is -2.15. The third-order valence-electron chi connectivity index (χ3n) is 3.54. The highest BCUT2D eigenvalue weighted by molar-refractivity contribution is 7.99. The largest absolute Gasteiger partial charge is 0.313 e. The lowest BCUT2D eigenvalue weighted by molar-refractivity contribution is 0.731. The molecule has 1 N–H and O–H groups in total. The maximum Gasteiger partial charge on any atom is 0.214 e. The van der Waals surface area contributed by atoms with Gasteiger partial charge in [-0.25, -0.2) is 0 Å². The molecular weight excluding hydrogens is 330 g/mol. The van der Waals surface area contributed by atoms with E-state index in [0.29, 0.717) is 0 Å². The first-order valence-corrected chi connectivity index (χ1v) is 9.31. The second-order valence-electron chi connectivity index (χ2n) is 5.43. The van der Waals surface area contributed by atoms with Gasteiger partial charge in [-0.2, -0.15) is 4.68 Å². The fraction of sp³-hybridized carbons (Fsp3) is 0.211. The monoisotopic (exact) mass is 351 g/mol. The molecule has 1 aromatic heterocycles. The van der Waals surface area contributed by atoms with Crippen LogP contribution in [0.4, 0.5) is 0 Å². The Bertz CT molecular complexity index is 771. The number of nitrogens with zero attached hydrogens (tertiary/aromatic N) is 4. The van der Waals surface area contributed by atoms with E-state index in [1.165, 1.54) is 5.56 Å². The van der Waals surface area contributed by atoms with E-state index < -0.39 is 0 Å². The Kier molecular flexibility index (Phi) is 6.79. The molecule has 6 heteroatoms. The van der Waals surface area contributed by atoms with Gasteiger partial charge in [-0.3, -0.25) is 0 Å². The van der Waals surface area contributed by atoms with E-state index in [2.05, 4.69) is 45.1 Å². The highest BCUT2D eigenvalue weighted by Crippen LogP contribution is 2.18. The molecule has 0 amide bonds. The summed E-state index contributed by atoms with van der Waals surface area (Å²) in [4.78, 5) is 0. The molecule has 3 aromatic rings. The third-order valence-corrected chi connectivity index (χ3v) is 4.55. The van der Waals surface area contributed by atoms with E-state index >= 15 is 0 Å². The van der Waals surface area contributed by atoms with Crippen LogP contribution in [-0.4, -0.2) is 39.0 Å². The highest BCUT2D eigenvalue weighted by Gasteiger charge is 2.07. The molecule has 0 fully saturated rings. The Morgan fingerprint density at radius 2 is 1.76 bits per heavy atom. The van der Waals surface area contributed by atoms with Crippen molar-refractivity contribution in [3.05, 3.63) is 72.3 Å². The molecule has 3 rings (SSSR count). The first-order chi connectivity index (χ1) is 12.4. The van der Waals surface area contributed by atoms with E-state index in [0.717, 1.165) is 36.1 Å². The molecule has 0 bridgehead atoms. The van der Waals surface area contributed by atoms with Crippen LogP contribution in [0.5, 0.6) is 0 Å². The number of benzene rings is 2. The molecule has 2 aromatic carbocycles. The van der Waals surface area contributed by atoms with Gasteiger partial charge in [0.2, 0.25) is 5.16 Å². The minimum Gasteiger partial charge on any atom is -0.313 e. The summed E-state index contributed by atoms with van der Waals surface area (Å²) in [5.41, 5.74) is 2.21. The van der Waals surface area contributed by atoms with E-state index in [4.69, 9.17) is 0 Å². The van der Waals surface area contributed by atoms with Crippen molar-refractivity contribution >= 4 is 17.8 Å². The maximum atomic E-state index is 4.11. The summed E-state index contributed by atoms with van der Waals surface area (Å²) < 4.78 is 1.78. The lowest BCUT2D eigenvalue weighted by atomic mass is 10.2. The number of rotatable bonds is 9. The zero-order valence-corrected chi connectivity index (χ0v) is 14.8. The normalized spacial score (nSPS) is 11.2. The van der Waals surface area contributed by atoms with Crippen molar-refractivity contribution in [3.8, 4) is 5.69 Å². The zero-order valence-electron chi connectivity index (χ0n) is 14.0. The van der Waals surface area contributed by atoms with Crippen LogP contribution in [0.15, 0.2) is 71.9 Å². The summed E-state index contributed by atoms with van der Waals surface area (Å²) in [7, 11) is 0. The quantitative estimate of drug-likeness (QED) is 0.473. The van der Waals surface area contributed by atoms with Crippen LogP contribution in [-0.2, 0) is 0 Å². The number of aromatic nitrogens is 4. The molecule has 0 aliphatic heterocycles. The SMILES string of the molecule is C(=C/c1ccccc1)/CNCCCSc1nnnn1-c1ccccc1. The number of tetrazole rings is 1. The Hall–Kier alpha value is -2.44.